The summed E-state index contributed by atoms with van der Waals surface area (Å²) in [7, 11) is 1.51. The molecule has 0 aliphatic rings. The third-order valence-electron chi connectivity index (χ3n) is 3.34. The van der Waals surface area contributed by atoms with Crippen LogP contribution in [0.5, 0.6) is 11.5 Å². The molecule has 0 saturated carbocycles. The van der Waals surface area contributed by atoms with Gasteiger partial charge in [-0.15, -0.1) is 0 Å². The molecule has 0 spiro atoms. The molecule has 0 bridgehead atoms. The van der Waals surface area contributed by atoms with Crippen LogP contribution in [0.25, 0.3) is 6.08 Å². The molecule has 26 heavy (non-hydrogen) atoms. The Bertz CT molecular complexity index is 817. The fourth-order valence-corrected chi connectivity index (χ4v) is 2.28. The van der Waals surface area contributed by atoms with Crippen molar-refractivity contribution >= 4 is 23.6 Å². The number of methoxy groups -OCH3 is 1. The predicted molar refractivity (Wildman–Crippen MR) is 98.9 cm³/mol. The first kappa shape index (κ1) is 19.5. The van der Waals surface area contributed by atoms with Crippen molar-refractivity contribution in [1.29, 1.82) is 0 Å². The van der Waals surface area contributed by atoms with E-state index in [2.05, 4.69) is 6.58 Å². The number of hydrogen-bond donors (Lipinski definition) is 0. The summed E-state index contributed by atoms with van der Waals surface area (Å²) in [5.74, 6) is 0.123. The molecule has 0 unspecified atom stereocenters. The third kappa shape index (κ3) is 5.63. The second-order valence-electron chi connectivity index (χ2n) is 5.19. The molecule has 0 amide bonds. The molecule has 0 saturated heterocycles. The highest BCUT2D eigenvalue weighted by atomic mass is 35.5. The SMILES string of the molecule is C=CCOC(=O)/C=C/c1ccc(OCc2ccc(F)cc2Cl)c(OC)c1. The molecule has 0 heterocycles. The summed E-state index contributed by atoms with van der Waals surface area (Å²) in [6.45, 7) is 3.80. The van der Waals surface area contributed by atoms with Crippen molar-refractivity contribution in [2.45, 2.75) is 6.61 Å². The Kier molecular flexibility index (Phi) is 7.24. The standard InChI is InChI=1S/C20H18ClFO4/c1-3-10-25-20(23)9-5-14-4-8-18(19(11-14)24-2)26-13-15-6-7-16(22)12-17(15)21/h3-9,11-12H,1,10,13H2,2H3/b9-5+. The van der Waals surface area contributed by atoms with E-state index in [-0.39, 0.29) is 13.2 Å². The average Bonchev–Trinajstić information content (AvgIpc) is 2.64. The maximum atomic E-state index is 13.1. The molecular formula is C20H18ClFO4. The number of esters is 1. The van der Waals surface area contributed by atoms with E-state index in [1.54, 1.807) is 30.3 Å². The van der Waals surface area contributed by atoms with Crippen LogP contribution in [-0.4, -0.2) is 19.7 Å². The van der Waals surface area contributed by atoms with Crippen LogP contribution in [0.2, 0.25) is 5.02 Å². The maximum absolute atomic E-state index is 13.1. The lowest BCUT2D eigenvalue weighted by atomic mass is 10.2. The van der Waals surface area contributed by atoms with E-state index in [4.69, 9.17) is 25.8 Å². The van der Waals surface area contributed by atoms with Crippen LogP contribution in [0.1, 0.15) is 11.1 Å². The second-order valence-corrected chi connectivity index (χ2v) is 5.59. The highest BCUT2D eigenvalue weighted by Gasteiger charge is 2.08. The minimum Gasteiger partial charge on any atom is -0.493 e. The molecule has 0 N–H and O–H groups in total. The molecule has 0 fully saturated rings. The van der Waals surface area contributed by atoms with Gasteiger partial charge in [0.2, 0.25) is 0 Å². The minimum atomic E-state index is -0.463. The topological polar surface area (TPSA) is 44.8 Å². The van der Waals surface area contributed by atoms with E-state index in [1.165, 1.54) is 31.4 Å². The first-order valence-electron chi connectivity index (χ1n) is 7.74. The molecule has 0 aliphatic carbocycles. The molecule has 4 nitrogen and oxygen atoms in total. The lowest BCUT2D eigenvalue weighted by Crippen LogP contribution is -2.00. The Labute approximate surface area is 156 Å². The number of benzene rings is 2. The normalized spacial score (nSPS) is 10.6. The van der Waals surface area contributed by atoms with Gasteiger partial charge in [0.1, 0.15) is 19.0 Å². The van der Waals surface area contributed by atoms with Gasteiger partial charge in [-0.3, -0.25) is 0 Å². The van der Waals surface area contributed by atoms with E-state index in [0.717, 1.165) is 5.56 Å². The molecule has 136 valence electrons. The van der Waals surface area contributed by atoms with E-state index in [0.29, 0.717) is 22.1 Å². The van der Waals surface area contributed by atoms with Crippen molar-refractivity contribution in [2.75, 3.05) is 13.7 Å². The summed E-state index contributed by atoms with van der Waals surface area (Å²) in [5.41, 5.74) is 1.40. The number of rotatable bonds is 8. The molecule has 2 rings (SSSR count). The molecule has 6 heteroatoms. The summed E-state index contributed by atoms with van der Waals surface area (Å²) >= 11 is 5.99. The number of carbonyl (C=O) groups is 1. The molecule has 2 aromatic carbocycles. The van der Waals surface area contributed by atoms with Crippen molar-refractivity contribution in [1.82, 2.24) is 0 Å². The summed E-state index contributed by atoms with van der Waals surface area (Å²) in [6.07, 6.45) is 4.42. The Morgan fingerprint density at radius 2 is 2.04 bits per heavy atom. The minimum absolute atomic E-state index is 0.158. The van der Waals surface area contributed by atoms with Gasteiger partial charge in [0.15, 0.2) is 11.5 Å². The van der Waals surface area contributed by atoms with E-state index < -0.39 is 11.8 Å². The fourth-order valence-electron chi connectivity index (χ4n) is 2.05. The van der Waals surface area contributed by atoms with Crippen LogP contribution in [0, 0.1) is 5.82 Å². The van der Waals surface area contributed by atoms with E-state index >= 15 is 0 Å². The summed E-state index contributed by atoms with van der Waals surface area (Å²) in [5, 5.41) is 0.293. The summed E-state index contributed by atoms with van der Waals surface area (Å²) < 4.78 is 29.0. The first-order valence-corrected chi connectivity index (χ1v) is 8.11. The van der Waals surface area contributed by atoms with Crippen molar-refractivity contribution in [3.05, 3.63) is 77.1 Å². The van der Waals surface area contributed by atoms with Crippen LogP contribution < -0.4 is 9.47 Å². The largest absolute Gasteiger partial charge is 0.493 e. The summed E-state index contributed by atoms with van der Waals surface area (Å²) in [6, 6.07) is 9.32. The van der Waals surface area contributed by atoms with E-state index in [9.17, 15) is 9.18 Å². The number of hydrogen-bond acceptors (Lipinski definition) is 4. The Morgan fingerprint density at radius 3 is 2.73 bits per heavy atom. The number of halogens is 2. The lowest BCUT2D eigenvalue weighted by Gasteiger charge is -2.12. The zero-order valence-electron chi connectivity index (χ0n) is 14.2. The predicted octanol–water partition coefficient (Wildman–Crippen LogP) is 4.81. The third-order valence-corrected chi connectivity index (χ3v) is 3.69. The summed E-state index contributed by atoms with van der Waals surface area (Å²) in [4.78, 5) is 11.5. The Morgan fingerprint density at radius 1 is 1.23 bits per heavy atom. The van der Waals surface area contributed by atoms with E-state index in [1.807, 2.05) is 0 Å². The molecular weight excluding hydrogens is 359 g/mol. The van der Waals surface area contributed by atoms with Crippen molar-refractivity contribution in [2.24, 2.45) is 0 Å². The average molecular weight is 377 g/mol. The first-order chi connectivity index (χ1) is 12.5. The van der Waals surface area contributed by atoms with Crippen LogP contribution in [0.3, 0.4) is 0 Å². The fraction of sp³-hybridized carbons (Fsp3) is 0.150. The maximum Gasteiger partial charge on any atom is 0.331 e. The van der Waals surface area contributed by atoms with Crippen molar-refractivity contribution in [3.63, 3.8) is 0 Å². The molecule has 0 atom stereocenters. The zero-order valence-corrected chi connectivity index (χ0v) is 15.0. The highest BCUT2D eigenvalue weighted by molar-refractivity contribution is 6.31. The second kappa shape index (κ2) is 9.63. The quantitative estimate of drug-likeness (QED) is 0.377. The van der Waals surface area contributed by atoms with Gasteiger partial charge in [0.25, 0.3) is 0 Å². The Hall–Kier alpha value is -2.79. The smallest absolute Gasteiger partial charge is 0.331 e. The number of carbonyl (C=O) groups excluding carboxylic acids is 1. The van der Waals surface area contributed by atoms with Crippen molar-refractivity contribution < 1.29 is 23.4 Å². The van der Waals surface area contributed by atoms with Gasteiger partial charge < -0.3 is 14.2 Å². The monoisotopic (exact) mass is 376 g/mol. The van der Waals surface area contributed by atoms with Crippen LogP contribution in [0.15, 0.2) is 55.1 Å². The van der Waals surface area contributed by atoms with Crippen LogP contribution >= 0.6 is 11.6 Å². The molecule has 0 radical (unpaired) electrons. The van der Waals surface area contributed by atoms with Gasteiger partial charge >= 0.3 is 5.97 Å². The highest BCUT2D eigenvalue weighted by Crippen LogP contribution is 2.30. The molecule has 0 aliphatic heterocycles. The van der Waals surface area contributed by atoms with Gasteiger partial charge in [-0.1, -0.05) is 36.4 Å². The van der Waals surface area contributed by atoms with Crippen LogP contribution in [0.4, 0.5) is 4.39 Å². The van der Waals surface area contributed by atoms with Gasteiger partial charge in [0.05, 0.1) is 12.1 Å². The lowest BCUT2D eigenvalue weighted by molar-refractivity contribution is -0.136. The Balaban J connectivity index is 2.07. The number of ether oxygens (including phenoxy) is 3. The van der Waals surface area contributed by atoms with Crippen LogP contribution in [-0.2, 0) is 16.1 Å². The zero-order chi connectivity index (χ0) is 18.9. The molecule has 2 aromatic rings. The van der Waals surface area contributed by atoms with Crippen molar-refractivity contribution in [3.8, 4) is 11.5 Å². The van der Waals surface area contributed by atoms with Gasteiger partial charge in [-0.05, 0) is 35.9 Å². The molecule has 0 aromatic heterocycles. The van der Waals surface area contributed by atoms with Gasteiger partial charge in [-0.25, -0.2) is 9.18 Å². The van der Waals surface area contributed by atoms with Gasteiger partial charge in [-0.2, -0.15) is 0 Å². The van der Waals surface area contributed by atoms with Gasteiger partial charge in [0, 0.05) is 11.6 Å².